The van der Waals surface area contributed by atoms with E-state index in [9.17, 15) is 9.18 Å². The first-order valence-electron chi connectivity index (χ1n) is 7.61. The van der Waals surface area contributed by atoms with Crippen molar-refractivity contribution >= 4 is 5.91 Å². The fraction of sp³-hybridized carbons (Fsp3) is 0.562. The van der Waals surface area contributed by atoms with Crippen LogP contribution in [0.1, 0.15) is 23.2 Å². The lowest BCUT2D eigenvalue weighted by molar-refractivity contribution is 0.0432. The minimum absolute atomic E-state index is 0.0775. The van der Waals surface area contributed by atoms with Crippen molar-refractivity contribution in [3.8, 4) is 0 Å². The van der Waals surface area contributed by atoms with E-state index in [-0.39, 0.29) is 11.7 Å². The summed E-state index contributed by atoms with van der Waals surface area (Å²) in [7, 11) is 0. The molecule has 0 N–H and O–H groups in total. The van der Waals surface area contributed by atoms with Crippen molar-refractivity contribution in [2.75, 3.05) is 39.3 Å². The number of carbonyl (C=O) groups is 1. The van der Waals surface area contributed by atoms with Crippen molar-refractivity contribution in [1.82, 2.24) is 9.80 Å². The van der Waals surface area contributed by atoms with E-state index in [1.165, 1.54) is 12.1 Å². The molecule has 1 unspecified atom stereocenters. The van der Waals surface area contributed by atoms with Gasteiger partial charge in [-0.15, -0.1) is 0 Å². The van der Waals surface area contributed by atoms with Gasteiger partial charge in [-0.3, -0.25) is 9.69 Å². The molecule has 1 atom stereocenters. The highest BCUT2D eigenvalue weighted by molar-refractivity contribution is 5.94. The lowest BCUT2D eigenvalue weighted by atomic mass is 10.1. The fourth-order valence-corrected chi connectivity index (χ4v) is 3.01. The molecule has 2 aliphatic heterocycles. The zero-order valence-corrected chi connectivity index (χ0v) is 12.1. The predicted octanol–water partition coefficient (Wildman–Crippen LogP) is 1.76. The third kappa shape index (κ3) is 3.60. The van der Waals surface area contributed by atoms with Gasteiger partial charge >= 0.3 is 0 Å². The topological polar surface area (TPSA) is 32.8 Å². The quantitative estimate of drug-likeness (QED) is 0.851. The van der Waals surface area contributed by atoms with E-state index in [0.717, 1.165) is 39.1 Å². The number of amides is 1. The first-order valence-corrected chi connectivity index (χ1v) is 7.61. The molecule has 2 saturated heterocycles. The number of benzene rings is 1. The van der Waals surface area contributed by atoms with Gasteiger partial charge in [0.2, 0.25) is 0 Å². The Bertz CT molecular complexity index is 495. The maximum Gasteiger partial charge on any atom is 0.254 e. The van der Waals surface area contributed by atoms with Crippen LogP contribution < -0.4 is 0 Å². The van der Waals surface area contributed by atoms with E-state index < -0.39 is 0 Å². The molecule has 0 radical (unpaired) electrons. The molecule has 114 valence electrons. The molecule has 1 aromatic carbocycles. The normalized spacial score (nSPS) is 23.5. The molecule has 2 fully saturated rings. The summed E-state index contributed by atoms with van der Waals surface area (Å²) in [5.41, 5.74) is 0.433. The molecular formula is C16H21FN2O2. The van der Waals surface area contributed by atoms with Gasteiger partial charge in [0.1, 0.15) is 5.82 Å². The highest BCUT2D eigenvalue weighted by Crippen LogP contribution is 2.15. The van der Waals surface area contributed by atoms with Gasteiger partial charge in [-0.1, -0.05) is 6.07 Å². The van der Waals surface area contributed by atoms with Crippen LogP contribution in [0.25, 0.3) is 0 Å². The number of hydrogen-bond acceptors (Lipinski definition) is 3. The largest absolute Gasteiger partial charge is 0.377 e. The molecule has 21 heavy (non-hydrogen) atoms. The van der Waals surface area contributed by atoms with E-state index in [0.29, 0.717) is 24.8 Å². The van der Waals surface area contributed by atoms with Crippen LogP contribution in [0.2, 0.25) is 0 Å². The minimum atomic E-state index is -0.363. The van der Waals surface area contributed by atoms with Crippen LogP contribution in [0.5, 0.6) is 0 Å². The third-order valence-electron chi connectivity index (χ3n) is 4.22. The third-order valence-corrected chi connectivity index (χ3v) is 4.22. The molecule has 0 spiro atoms. The number of halogens is 1. The van der Waals surface area contributed by atoms with Crippen LogP contribution in [0.3, 0.4) is 0 Å². The standard InChI is InChI=1S/C16H21FN2O2/c17-14-4-1-3-13(11-14)16(20)19-8-6-18(7-9-19)12-15-5-2-10-21-15/h1,3-4,11,15H,2,5-10,12H2. The molecule has 0 bridgehead atoms. The number of nitrogens with zero attached hydrogens (tertiary/aromatic N) is 2. The second kappa shape index (κ2) is 6.54. The highest BCUT2D eigenvalue weighted by Gasteiger charge is 2.25. The van der Waals surface area contributed by atoms with Crippen molar-refractivity contribution in [2.45, 2.75) is 18.9 Å². The summed E-state index contributed by atoms with van der Waals surface area (Å²) in [6, 6.07) is 5.91. The van der Waals surface area contributed by atoms with Crippen LogP contribution in [-0.2, 0) is 4.74 Å². The predicted molar refractivity (Wildman–Crippen MR) is 77.7 cm³/mol. The second-order valence-corrected chi connectivity index (χ2v) is 5.74. The lowest BCUT2D eigenvalue weighted by Gasteiger charge is -2.35. The maximum atomic E-state index is 13.2. The van der Waals surface area contributed by atoms with Crippen molar-refractivity contribution in [2.24, 2.45) is 0 Å². The fourth-order valence-electron chi connectivity index (χ4n) is 3.01. The van der Waals surface area contributed by atoms with E-state index in [2.05, 4.69) is 4.90 Å². The van der Waals surface area contributed by atoms with Crippen LogP contribution in [0, 0.1) is 5.82 Å². The van der Waals surface area contributed by atoms with E-state index in [4.69, 9.17) is 4.74 Å². The summed E-state index contributed by atoms with van der Waals surface area (Å²) in [5.74, 6) is -0.441. The Morgan fingerprint density at radius 2 is 2.10 bits per heavy atom. The van der Waals surface area contributed by atoms with Crippen LogP contribution in [-0.4, -0.2) is 61.1 Å². The molecule has 0 saturated carbocycles. The van der Waals surface area contributed by atoms with Gasteiger partial charge in [-0.05, 0) is 31.0 Å². The highest BCUT2D eigenvalue weighted by atomic mass is 19.1. The van der Waals surface area contributed by atoms with E-state index in [1.54, 1.807) is 17.0 Å². The van der Waals surface area contributed by atoms with Gasteiger partial charge in [0.25, 0.3) is 5.91 Å². The Kier molecular flexibility index (Phi) is 4.51. The lowest BCUT2D eigenvalue weighted by Crippen LogP contribution is -2.50. The molecule has 1 aromatic rings. The van der Waals surface area contributed by atoms with Gasteiger partial charge in [0.15, 0.2) is 0 Å². The first-order chi connectivity index (χ1) is 10.2. The molecule has 0 aromatic heterocycles. The number of carbonyl (C=O) groups excluding carboxylic acids is 1. The second-order valence-electron chi connectivity index (χ2n) is 5.74. The summed E-state index contributed by atoms with van der Waals surface area (Å²) in [5, 5.41) is 0. The molecule has 1 amide bonds. The van der Waals surface area contributed by atoms with Crippen molar-refractivity contribution in [3.05, 3.63) is 35.6 Å². The number of ether oxygens (including phenoxy) is 1. The Balaban J connectivity index is 1.52. The Morgan fingerprint density at radius 3 is 2.76 bits per heavy atom. The van der Waals surface area contributed by atoms with Gasteiger partial charge in [-0.2, -0.15) is 0 Å². The minimum Gasteiger partial charge on any atom is -0.377 e. The van der Waals surface area contributed by atoms with E-state index >= 15 is 0 Å². The molecule has 3 rings (SSSR count). The summed E-state index contributed by atoms with van der Waals surface area (Å²) in [4.78, 5) is 16.5. The number of hydrogen-bond donors (Lipinski definition) is 0. The monoisotopic (exact) mass is 292 g/mol. The first kappa shape index (κ1) is 14.5. The average Bonchev–Trinajstić information content (AvgIpc) is 3.00. The average molecular weight is 292 g/mol. The molecule has 2 aliphatic rings. The van der Waals surface area contributed by atoms with Crippen LogP contribution in [0.4, 0.5) is 4.39 Å². The molecular weight excluding hydrogens is 271 g/mol. The molecule has 4 nitrogen and oxygen atoms in total. The van der Waals surface area contributed by atoms with Crippen LogP contribution in [0.15, 0.2) is 24.3 Å². The molecule has 2 heterocycles. The van der Waals surface area contributed by atoms with E-state index in [1.807, 2.05) is 0 Å². The molecule has 0 aliphatic carbocycles. The smallest absolute Gasteiger partial charge is 0.254 e. The summed E-state index contributed by atoms with van der Waals surface area (Å²) in [6.45, 7) is 4.96. The summed E-state index contributed by atoms with van der Waals surface area (Å²) in [6.07, 6.45) is 2.65. The molecule has 5 heteroatoms. The van der Waals surface area contributed by atoms with Crippen LogP contribution >= 0.6 is 0 Å². The summed E-state index contributed by atoms with van der Waals surface area (Å²) < 4.78 is 18.8. The zero-order chi connectivity index (χ0) is 14.7. The Labute approximate surface area is 124 Å². The number of rotatable bonds is 3. The Hall–Kier alpha value is -1.46. The zero-order valence-electron chi connectivity index (χ0n) is 12.1. The van der Waals surface area contributed by atoms with Crippen molar-refractivity contribution < 1.29 is 13.9 Å². The van der Waals surface area contributed by atoms with Gasteiger partial charge in [0, 0.05) is 44.9 Å². The van der Waals surface area contributed by atoms with Crippen molar-refractivity contribution in [1.29, 1.82) is 0 Å². The van der Waals surface area contributed by atoms with Crippen molar-refractivity contribution in [3.63, 3.8) is 0 Å². The maximum absolute atomic E-state index is 13.2. The van der Waals surface area contributed by atoms with Gasteiger partial charge in [-0.25, -0.2) is 4.39 Å². The van der Waals surface area contributed by atoms with Gasteiger partial charge < -0.3 is 9.64 Å². The van der Waals surface area contributed by atoms with Gasteiger partial charge in [0.05, 0.1) is 6.10 Å². The Morgan fingerprint density at radius 1 is 1.29 bits per heavy atom. The number of piperazine rings is 1. The SMILES string of the molecule is O=C(c1cccc(F)c1)N1CCN(CC2CCCO2)CC1. The summed E-state index contributed by atoms with van der Waals surface area (Å²) >= 11 is 0.